The second-order valence-electron chi connectivity index (χ2n) is 4.39. The maximum Gasteiger partial charge on any atom is 0.283 e. The largest absolute Gasteiger partial charge is 0.379 e. The summed E-state index contributed by atoms with van der Waals surface area (Å²) in [4.78, 5) is 14.1. The van der Waals surface area contributed by atoms with Crippen molar-refractivity contribution in [1.29, 1.82) is 0 Å². The SMILES string of the molecule is CCn1ncc(NC2CCN(C)C2)c(Br)c1=O. The van der Waals surface area contributed by atoms with Gasteiger partial charge in [-0.25, -0.2) is 4.68 Å². The summed E-state index contributed by atoms with van der Waals surface area (Å²) in [5.74, 6) is 0. The molecule has 1 aliphatic heterocycles. The van der Waals surface area contributed by atoms with E-state index in [4.69, 9.17) is 0 Å². The predicted octanol–water partition coefficient (Wildman–Crippen LogP) is 1.14. The number of anilines is 1. The van der Waals surface area contributed by atoms with E-state index in [1.54, 1.807) is 6.20 Å². The number of aromatic nitrogens is 2. The highest BCUT2D eigenvalue weighted by Gasteiger charge is 2.20. The van der Waals surface area contributed by atoms with Gasteiger partial charge in [0.2, 0.25) is 0 Å². The molecule has 1 atom stereocenters. The van der Waals surface area contributed by atoms with Crippen molar-refractivity contribution >= 4 is 21.6 Å². The first-order chi connectivity index (χ1) is 8.11. The van der Waals surface area contributed by atoms with Crippen LogP contribution in [0.1, 0.15) is 13.3 Å². The molecule has 0 bridgehead atoms. The van der Waals surface area contributed by atoms with Gasteiger partial charge in [0, 0.05) is 19.1 Å². The molecule has 0 radical (unpaired) electrons. The summed E-state index contributed by atoms with van der Waals surface area (Å²) in [7, 11) is 2.10. The molecule has 1 aromatic heterocycles. The quantitative estimate of drug-likeness (QED) is 0.909. The fraction of sp³-hybridized carbons (Fsp3) is 0.636. The average Bonchev–Trinajstić information content (AvgIpc) is 2.71. The molecule has 0 saturated carbocycles. The Hall–Kier alpha value is -0.880. The van der Waals surface area contributed by atoms with Crippen LogP contribution in [0.15, 0.2) is 15.5 Å². The standard InChI is InChI=1S/C11H17BrN4O/c1-3-16-11(17)10(12)9(6-13-16)14-8-4-5-15(2)7-8/h6,8,14H,3-5,7H2,1-2H3. The Balaban J connectivity index is 2.17. The van der Waals surface area contributed by atoms with Gasteiger partial charge in [-0.15, -0.1) is 0 Å². The third-order valence-electron chi connectivity index (χ3n) is 3.04. The maximum atomic E-state index is 11.9. The van der Waals surface area contributed by atoms with E-state index < -0.39 is 0 Å². The number of hydrogen-bond donors (Lipinski definition) is 1. The van der Waals surface area contributed by atoms with E-state index >= 15 is 0 Å². The van der Waals surface area contributed by atoms with Crippen molar-refractivity contribution in [2.45, 2.75) is 25.9 Å². The summed E-state index contributed by atoms with van der Waals surface area (Å²) in [6.07, 6.45) is 2.81. The minimum absolute atomic E-state index is 0.0798. The fourth-order valence-electron chi connectivity index (χ4n) is 2.06. The Morgan fingerprint density at radius 3 is 3.00 bits per heavy atom. The van der Waals surface area contributed by atoms with Crippen LogP contribution >= 0.6 is 15.9 Å². The van der Waals surface area contributed by atoms with Crippen LogP contribution in [-0.2, 0) is 6.54 Å². The molecule has 1 saturated heterocycles. The van der Waals surface area contributed by atoms with Gasteiger partial charge in [0.05, 0.1) is 11.9 Å². The molecule has 0 amide bonds. The van der Waals surface area contributed by atoms with Gasteiger partial charge in [-0.3, -0.25) is 4.79 Å². The lowest BCUT2D eigenvalue weighted by Gasteiger charge is -2.15. The first-order valence-corrected chi connectivity index (χ1v) is 6.61. The van der Waals surface area contributed by atoms with Gasteiger partial charge in [-0.1, -0.05) is 0 Å². The van der Waals surface area contributed by atoms with Gasteiger partial charge in [0.15, 0.2) is 0 Å². The Labute approximate surface area is 109 Å². The number of nitrogens with one attached hydrogen (secondary N) is 1. The average molecular weight is 301 g/mol. The lowest BCUT2D eigenvalue weighted by molar-refractivity contribution is 0.414. The van der Waals surface area contributed by atoms with Gasteiger partial charge in [0.25, 0.3) is 5.56 Å². The van der Waals surface area contributed by atoms with Crippen LogP contribution in [0.4, 0.5) is 5.69 Å². The molecule has 17 heavy (non-hydrogen) atoms. The van der Waals surface area contributed by atoms with Crippen molar-refractivity contribution in [2.75, 3.05) is 25.5 Å². The third kappa shape index (κ3) is 2.69. The molecule has 1 unspecified atom stereocenters. The zero-order valence-corrected chi connectivity index (χ0v) is 11.7. The van der Waals surface area contributed by atoms with Crippen LogP contribution in [0, 0.1) is 0 Å². The van der Waals surface area contributed by atoms with Crippen molar-refractivity contribution < 1.29 is 0 Å². The molecule has 1 aromatic rings. The lowest BCUT2D eigenvalue weighted by Crippen LogP contribution is -2.27. The predicted molar refractivity (Wildman–Crippen MR) is 71.4 cm³/mol. The maximum absolute atomic E-state index is 11.9. The van der Waals surface area contributed by atoms with Gasteiger partial charge in [-0.05, 0) is 42.9 Å². The molecule has 2 rings (SSSR count). The van der Waals surface area contributed by atoms with Crippen LogP contribution in [0.2, 0.25) is 0 Å². The highest BCUT2D eigenvalue weighted by molar-refractivity contribution is 9.10. The van der Waals surface area contributed by atoms with E-state index in [0.717, 1.165) is 25.2 Å². The number of likely N-dealkylation sites (tertiary alicyclic amines) is 1. The highest BCUT2D eigenvalue weighted by atomic mass is 79.9. The Kier molecular flexibility index (Phi) is 3.83. The third-order valence-corrected chi connectivity index (χ3v) is 3.80. The molecule has 1 N–H and O–H groups in total. The van der Waals surface area contributed by atoms with E-state index in [0.29, 0.717) is 17.1 Å². The number of likely N-dealkylation sites (N-methyl/N-ethyl adjacent to an activating group) is 1. The van der Waals surface area contributed by atoms with Crippen molar-refractivity contribution in [2.24, 2.45) is 0 Å². The second-order valence-corrected chi connectivity index (χ2v) is 5.18. The van der Waals surface area contributed by atoms with Crippen molar-refractivity contribution in [3.05, 3.63) is 21.0 Å². The Bertz CT molecular complexity index is 459. The van der Waals surface area contributed by atoms with Crippen LogP contribution < -0.4 is 10.9 Å². The fourth-order valence-corrected chi connectivity index (χ4v) is 2.49. The van der Waals surface area contributed by atoms with Gasteiger partial charge in [0.1, 0.15) is 4.47 Å². The van der Waals surface area contributed by atoms with Crippen LogP contribution in [0.3, 0.4) is 0 Å². The van der Waals surface area contributed by atoms with Gasteiger partial charge < -0.3 is 10.2 Å². The highest BCUT2D eigenvalue weighted by Crippen LogP contribution is 2.20. The molecule has 1 fully saturated rings. The van der Waals surface area contributed by atoms with Crippen LogP contribution in [-0.4, -0.2) is 40.9 Å². The molecule has 0 aromatic carbocycles. The van der Waals surface area contributed by atoms with E-state index in [2.05, 4.69) is 38.3 Å². The van der Waals surface area contributed by atoms with Crippen LogP contribution in [0.5, 0.6) is 0 Å². The first-order valence-electron chi connectivity index (χ1n) is 5.82. The zero-order chi connectivity index (χ0) is 12.4. The smallest absolute Gasteiger partial charge is 0.283 e. The van der Waals surface area contributed by atoms with Crippen LogP contribution in [0.25, 0.3) is 0 Å². The van der Waals surface area contributed by atoms with E-state index in [1.807, 2.05) is 6.92 Å². The molecule has 1 aliphatic rings. The van der Waals surface area contributed by atoms with Crippen molar-refractivity contribution in [3.63, 3.8) is 0 Å². The summed E-state index contributed by atoms with van der Waals surface area (Å²) >= 11 is 3.34. The number of rotatable bonds is 3. The molecule has 6 heteroatoms. The zero-order valence-electron chi connectivity index (χ0n) is 10.1. The molecular weight excluding hydrogens is 284 g/mol. The number of hydrogen-bond acceptors (Lipinski definition) is 4. The Morgan fingerprint density at radius 1 is 1.65 bits per heavy atom. The molecule has 5 nitrogen and oxygen atoms in total. The summed E-state index contributed by atoms with van der Waals surface area (Å²) in [5, 5.41) is 7.48. The first kappa shape index (κ1) is 12.6. The number of nitrogens with zero attached hydrogens (tertiary/aromatic N) is 3. The van der Waals surface area contributed by atoms with Gasteiger partial charge >= 0.3 is 0 Å². The molecule has 0 spiro atoms. The van der Waals surface area contributed by atoms with E-state index in [-0.39, 0.29) is 5.56 Å². The lowest BCUT2D eigenvalue weighted by atomic mass is 10.2. The topological polar surface area (TPSA) is 50.2 Å². The Morgan fingerprint density at radius 2 is 2.41 bits per heavy atom. The molecular formula is C11H17BrN4O. The summed E-state index contributed by atoms with van der Waals surface area (Å²) in [6.45, 7) is 4.59. The van der Waals surface area contributed by atoms with E-state index in [1.165, 1.54) is 4.68 Å². The second kappa shape index (κ2) is 5.18. The molecule has 0 aliphatic carbocycles. The number of aryl methyl sites for hydroxylation is 1. The number of halogens is 1. The molecule has 94 valence electrons. The monoisotopic (exact) mass is 300 g/mol. The van der Waals surface area contributed by atoms with Crippen molar-refractivity contribution in [3.8, 4) is 0 Å². The van der Waals surface area contributed by atoms with E-state index in [9.17, 15) is 4.79 Å². The normalized spacial score (nSPS) is 20.8. The van der Waals surface area contributed by atoms with Crippen molar-refractivity contribution in [1.82, 2.24) is 14.7 Å². The summed E-state index contributed by atoms with van der Waals surface area (Å²) in [6, 6.07) is 0.398. The minimum Gasteiger partial charge on any atom is -0.379 e. The minimum atomic E-state index is -0.0798. The molecule has 2 heterocycles. The summed E-state index contributed by atoms with van der Waals surface area (Å²) < 4.78 is 2.01. The van der Waals surface area contributed by atoms with Gasteiger partial charge in [-0.2, -0.15) is 5.10 Å². The summed E-state index contributed by atoms with van der Waals surface area (Å²) in [5.41, 5.74) is 0.712.